The molecule has 0 N–H and O–H groups in total. The first-order chi connectivity index (χ1) is 12.9. The molecule has 0 aliphatic heterocycles. The Labute approximate surface area is 152 Å². The molecule has 3 aromatic rings. The van der Waals surface area contributed by atoms with Gasteiger partial charge in [-0.15, -0.1) is 0 Å². The number of nitrogens with zero attached hydrogens (tertiary/aromatic N) is 2. The standard InChI is InChI=1S/C19H12N2O6/c22-18(13-3-1-5-15(11-13)20(23)24)9-7-17-8-10-19(27-17)14-4-2-6-16(12-14)21(25)26/h1-12H. The van der Waals surface area contributed by atoms with Gasteiger partial charge < -0.3 is 4.42 Å². The van der Waals surface area contributed by atoms with Gasteiger partial charge >= 0.3 is 0 Å². The molecule has 3 rings (SSSR count). The number of rotatable bonds is 6. The van der Waals surface area contributed by atoms with Gasteiger partial charge in [0.05, 0.1) is 9.85 Å². The molecule has 0 fully saturated rings. The number of carbonyl (C=O) groups is 1. The molecule has 0 aliphatic rings. The van der Waals surface area contributed by atoms with Gasteiger partial charge in [-0.25, -0.2) is 0 Å². The maximum atomic E-state index is 12.2. The largest absolute Gasteiger partial charge is 0.457 e. The summed E-state index contributed by atoms with van der Waals surface area (Å²) in [6.45, 7) is 0. The lowest BCUT2D eigenvalue weighted by atomic mass is 10.1. The van der Waals surface area contributed by atoms with E-state index in [1.165, 1.54) is 48.6 Å². The zero-order valence-electron chi connectivity index (χ0n) is 13.8. The summed E-state index contributed by atoms with van der Waals surface area (Å²) in [6, 6.07) is 14.7. The molecule has 0 saturated carbocycles. The van der Waals surface area contributed by atoms with Crippen LogP contribution in [-0.4, -0.2) is 15.6 Å². The topological polar surface area (TPSA) is 116 Å². The normalized spacial score (nSPS) is 10.8. The second-order valence-electron chi connectivity index (χ2n) is 5.51. The van der Waals surface area contributed by atoms with Crippen LogP contribution in [0.5, 0.6) is 0 Å². The maximum absolute atomic E-state index is 12.2. The summed E-state index contributed by atoms with van der Waals surface area (Å²) in [5.41, 5.74) is 0.502. The molecule has 1 heterocycles. The summed E-state index contributed by atoms with van der Waals surface area (Å²) in [4.78, 5) is 32.7. The van der Waals surface area contributed by atoms with E-state index in [1.54, 1.807) is 24.3 Å². The number of allylic oxidation sites excluding steroid dienone is 1. The minimum Gasteiger partial charge on any atom is -0.457 e. The van der Waals surface area contributed by atoms with Crippen molar-refractivity contribution in [1.29, 1.82) is 0 Å². The molecular formula is C19H12N2O6. The second kappa shape index (κ2) is 7.44. The van der Waals surface area contributed by atoms with E-state index in [4.69, 9.17) is 4.42 Å². The highest BCUT2D eigenvalue weighted by Gasteiger charge is 2.11. The number of ketones is 1. The zero-order chi connectivity index (χ0) is 19.4. The van der Waals surface area contributed by atoms with E-state index >= 15 is 0 Å². The molecule has 0 radical (unpaired) electrons. The third-order valence-corrected chi connectivity index (χ3v) is 3.71. The number of carbonyl (C=O) groups excluding carboxylic acids is 1. The van der Waals surface area contributed by atoms with Crippen LogP contribution in [0.15, 0.2) is 71.2 Å². The van der Waals surface area contributed by atoms with E-state index in [0.717, 1.165) is 0 Å². The molecule has 0 atom stereocenters. The summed E-state index contributed by atoms with van der Waals surface area (Å²) in [5, 5.41) is 21.6. The Hall–Kier alpha value is -4.07. The fraction of sp³-hybridized carbons (Fsp3) is 0. The zero-order valence-corrected chi connectivity index (χ0v) is 13.8. The van der Waals surface area contributed by atoms with Crippen LogP contribution in [-0.2, 0) is 0 Å². The lowest BCUT2D eigenvalue weighted by Crippen LogP contribution is -1.96. The molecular weight excluding hydrogens is 352 g/mol. The smallest absolute Gasteiger partial charge is 0.270 e. The molecule has 0 aliphatic carbocycles. The summed E-state index contributed by atoms with van der Waals surface area (Å²) >= 11 is 0. The first-order valence-electron chi connectivity index (χ1n) is 7.75. The van der Waals surface area contributed by atoms with Gasteiger partial charge in [0.25, 0.3) is 11.4 Å². The van der Waals surface area contributed by atoms with Crippen molar-refractivity contribution in [2.24, 2.45) is 0 Å². The third kappa shape index (κ3) is 4.13. The molecule has 0 spiro atoms. The van der Waals surface area contributed by atoms with Crippen molar-refractivity contribution in [3.63, 3.8) is 0 Å². The maximum Gasteiger partial charge on any atom is 0.270 e. The number of hydrogen-bond acceptors (Lipinski definition) is 6. The minimum absolute atomic E-state index is 0.0539. The van der Waals surface area contributed by atoms with E-state index in [1.807, 2.05) is 0 Å². The Kier molecular flexibility index (Phi) is 4.89. The number of benzene rings is 2. The Bertz CT molecular complexity index is 1070. The quantitative estimate of drug-likeness (QED) is 0.272. The molecule has 8 nitrogen and oxygen atoms in total. The fourth-order valence-corrected chi connectivity index (χ4v) is 2.40. The Morgan fingerprint density at radius 1 is 0.889 bits per heavy atom. The first-order valence-corrected chi connectivity index (χ1v) is 7.75. The van der Waals surface area contributed by atoms with Gasteiger partial charge in [0.15, 0.2) is 5.78 Å². The molecule has 134 valence electrons. The molecule has 2 aromatic carbocycles. The van der Waals surface area contributed by atoms with E-state index in [9.17, 15) is 25.0 Å². The van der Waals surface area contributed by atoms with Crippen molar-refractivity contribution >= 4 is 23.2 Å². The Balaban J connectivity index is 1.78. The first kappa shape index (κ1) is 17.7. The predicted octanol–water partition coefficient (Wildman–Crippen LogP) is 4.66. The number of nitro benzene ring substituents is 2. The van der Waals surface area contributed by atoms with Crippen LogP contribution in [0.2, 0.25) is 0 Å². The highest BCUT2D eigenvalue weighted by molar-refractivity contribution is 6.07. The van der Waals surface area contributed by atoms with Gasteiger partial charge in [-0.2, -0.15) is 0 Å². The van der Waals surface area contributed by atoms with Crippen molar-refractivity contribution < 1.29 is 19.1 Å². The van der Waals surface area contributed by atoms with Gasteiger partial charge in [0.2, 0.25) is 0 Å². The molecule has 0 bridgehead atoms. The number of furan rings is 1. The predicted molar refractivity (Wildman–Crippen MR) is 97.3 cm³/mol. The van der Waals surface area contributed by atoms with Crippen molar-refractivity contribution in [2.75, 3.05) is 0 Å². The number of non-ortho nitro benzene ring substituents is 2. The van der Waals surface area contributed by atoms with Crippen molar-refractivity contribution in [3.05, 3.63) is 98.3 Å². The molecule has 1 aromatic heterocycles. The van der Waals surface area contributed by atoms with Gasteiger partial charge in [-0.05, 0) is 24.3 Å². The van der Waals surface area contributed by atoms with Crippen LogP contribution < -0.4 is 0 Å². The number of hydrogen-bond donors (Lipinski definition) is 0. The van der Waals surface area contributed by atoms with Gasteiger partial charge in [0.1, 0.15) is 11.5 Å². The highest BCUT2D eigenvalue weighted by Crippen LogP contribution is 2.26. The number of nitro groups is 2. The van der Waals surface area contributed by atoms with Gasteiger partial charge in [-0.3, -0.25) is 25.0 Å². The Morgan fingerprint density at radius 3 is 2.26 bits per heavy atom. The Morgan fingerprint density at radius 2 is 1.56 bits per heavy atom. The van der Waals surface area contributed by atoms with Gasteiger partial charge in [0, 0.05) is 35.4 Å². The average molecular weight is 364 g/mol. The molecule has 0 saturated heterocycles. The summed E-state index contributed by atoms with van der Waals surface area (Å²) in [6.07, 6.45) is 2.68. The minimum atomic E-state index is -0.571. The van der Waals surface area contributed by atoms with Crippen LogP contribution >= 0.6 is 0 Å². The van der Waals surface area contributed by atoms with E-state index in [-0.39, 0.29) is 16.9 Å². The van der Waals surface area contributed by atoms with Crippen LogP contribution in [0.25, 0.3) is 17.4 Å². The molecule has 27 heavy (non-hydrogen) atoms. The summed E-state index contributed by atoms with van der Waals surface area (Å²) < 4.78 is 5.58. The monoisotopic (exact) mass is 364 g/mol. The summed E-state index contributed by atoms with van der Waals surface area (Å²) in [7, 11) is 0. The van der Waals surface area contributed by atoms with E-state index in [2.05, 4.69) is 0 Å². The SMILES string of the molecule is O=C(C=Cc1ccc(-c2cccc([N+](=O)[O-])c2)o1)c1cccc([N+](=O)[O-])c1. The van der Waals surface area contributed by atoms with Crippen LogP contribution in [0.4, 0.5) is 11.4 Å². The van der Waals surface area contributed by atoms with Crippen LogP contribution in [0.1, 0.15) is 16.1 Å². The molecule has 8 heteroatoms. The van der Waals surface area contributed by atoms with Crippen molar-refractivity contribution in [1.82, 2.24) is 0 Å². The molecule has 0 amide bonds. The molecule has 0 unspecified atom stereocenters. The van der Waals surface area contributed by atoms with Crippen LogP contribution in [0, 0.1) is 20.2 Å². The van der Waals surface area contributed by atoms with E-state index in [0.29, 0.717) is 17.1 Å². The summed E-state index contributed by atoms with van der Waals surface area (Å²) in [5.74, 6) is 0.378. The van der Waals surface area contributed by atoms with Crippen molar-refractivity contribution in [2.45, 2.75) is 0 Å². The third-order valence-electron chi connectivity index (χ3n) is 3.71. The van der Waals surface area contributed by atoms with E-state index < -0.39 is 15.6 Å². The fourth-order valence-electron chi connectivity index (χ4n) is 2.40. The van der Waals surface area contributed by atoms with Crippen molar-refractivity contribution in [3.8, 4) is 11.3 Å². The van der Waals surface area contributed by atoms with Crippen LogP contribution in [0.3, 0.4) is 0 Å². The second-order valence-corrected chi connectivity index (χ2v) is 5.51. The highest BCUT2D eigenvalue weighted by atomic mass is 16.6. The lowest BCUT2D eigenvalue weighted by Gasteiger charge is -1.97. The van der Waals surface area contributed by atoms with Gasteiger partial charge in [-0.1, -0.05) is 24.3 Å². The average Bonchev–Trinajstić information content (AvgIpc) is 3.15. The lowest BCUT2D eigenvalue weighted by molar-refractivity contribution is -0.385.